The minimum Gasteiger partial charge on any atom is -0.497 e. The third kappa shape index (κ3) is 4.28. The normalized spacial score (nSPS) is 17.8. The fraction of sp³-hybridized carbons (Fsp3) is 0.444. The van der Waals surface area contributed by atoms with Crippen molar-refractivity contribution in [1.82, 2.24) is 14.5 Å². The van der Waals surface area contributed by atoms with Gasteiger partial charge in [0.25, 0.3) is 0 Å². The number of aromatic nitrogens is 2. The van der Waals surface area contributed by atoms with Crippen molar-refractivity contribution < 1.29 is 27.4 Å². The number of methoxy groups -OCH3 is 3. The summed E-state index contributed by atoms with van der Waals surface area (Å²) in [4.78, 5) is 0.0687. The molecule has 0 N–H and O–H groups in total. The third-order valence-corrected chi connectivity index (χ3v) is 6.33. The Balaban J connectivity index is 1.79. The summed E-state index contributed by atoms with van der Waals surface area (Å²) in [6.07, 6.45) is 1.05. The van der Waals surface area contributed by atoms with Gasteiger partial charge in [0.15, 0.2) is 0 Å². The molecule has 1 aromatic heterocycles. The lowest BCUT2D eigenvalue weighted by atomic mass is 10.1. The quantitative estimate of drug-likeness (QED) is 0.682. The monoisotopic (exact) mass is 409 g/mol. The Labute approximate surface area is 164 Å². The van der Waals surface area contributed by atoms with Gasteiger partial charge in [-0.05, 0) is 25.0 Å². The van der Waals surface area contributed by atoms with E-state index >= 15 is 0 Å². The Morgan fingerprint density at radius 1 is 1.00 bits per heavy atom. The molecule has 0 amide bonds. The van der Waals surface area contributed by atoms with Crippen LogP contribution in [-0.4, -0.2) is 63.4 Å². The molecule has 10 heteroatoms. The van der Waals surface area contributed by atoms with E-state index in [-0.39, 0.29) is 23.3 Å². The van der Waals surface area contributed by atoms with Crippen molar-refractivity contribution in [2.45, 2.75) is 23.8 Å². The van der Waals surface area contributed by atoms with Gasteiger partial charge in [-0.25, -0.2) is 8.42 Å². The Bertz CT molecular complexity index is 904. The molecule has 152 valence electrons. The predicted molar refractivity (Wildman–Crippen MR) is 101 cm³/mol. The van der Waals surface area contributed by atoms with Crippen molar-refractivity contribution in [1.29, 1.82) is 0 Å². The van der Waals surface area contributed by atoms with Gasteiger partial charge in [-0.2, -0.15) is 4.31 Å². The van der Waals surface area contributed by atoms with Crippen molar-refractivity contribution in [3.05, 3.63) is 30.3 Å². The second-order valence-electron chi connectivity index (χ2n) is 6.18. The summed E-state index contributed by atoms with van der Waals surface area (Å²) < 4.78 is 49.0. The van der Waals surface area contributed by atoms with E-state index in [2.05, 4.69) is 10.2 Å². The zero-order chi connectivity index (χ0) is 20.1. The lowest BCUT2D eigenvalue weighted by Crippen LogP contribution is -2.44. The number of benzene rings is 1. The molecule has 1 aliphatic heterocycles. The zero-order valence-corrected chi connectivity index (χ0v) is 16.8. The highest BCUT2D eigenvalue weighted by Crippen LogP contribution is 2.32. The topological polar surface area (TPSA) is 100 Å². The molecule has 3 rings (SSSR count). The van der Waals surface area contributed by atoms with E-state index < -0.39 is 10.0 Å². The van der Waals surface area contributed by atoms with Crippen LogP contribution < -0.4 is 18.9 Å². The third-order valence-electron chi connectivity index (χ3n) is 4.44. The zero-order valence-electron chi connectivity index (χ0n) is 16.0. The van der Waals surface area contributed by atoms with Crippen LogP contribution in [0.15, 0.2) is 35.2 Å². The lowest BCUT2D eigenvalue weighted by Gasteiger charge is -2.32. The molecule has 0 saturated carbocycles. The Kier molecular flexibility index (Phi) is 6.20. The van der Waals surface area contributed by atoms with E-state index in [4.69, 9.17) is 18.9 Å². The molecule has 1 atom stereocenters. The molecule has 1 aromatic carbocycles. The van der Waals surface area contributed by atoms with E-state index in [9.17, 15) is 8.42 Å². The van der Waals surface area contributed by atoms with Crippen molar-refractivity contribution in [3.63, 3.8) is 0 Å². The van der Waals surface area contributed by atoms with E-state index in [0.29, 0.717) is 30.5 Å². The minimum absolute atomic E-state index is 0.0687. The molecule has 0 aliphatic carbocycles. The summed E-state index contributed by atoms with van der Waals surface area (Å²) in [5.74, 6) is 1.41. The molecule has 1 saturated heterocycles. The van der Waals surface area contributed by atoms with E-state index in [1.54, 1.807) is 24.3 Å². The molecule has 28 heavy (non-hydrogen) atoms. The lowest BCUT2D eigenvalue weighted by molar-refractivity contribution is 0.123. The van der Waals surface area contributed by atoms with Gasteiger partial charge in [0, 0.05) is 24.7 Å². The maximum Gasteiger partial charge on any atom is 0.247 e. The maximum absolute atomic E-state index is 13.2. The molecule has 0 radical (unpaired) electrons. The van der Waals surface area contributed by atoms with Crippen molar-refractivity contribution in [3.8, 4) is 23.3 Å². The summed E-state index contributed by atoms with van der Waals surface area (Å²) in [5, 5.41) is 7.80. The number of piperidine rings is 1. The first-order valence-corrected chi connectivity index (χ1v) is 10.2. The van der Waals surface area contributed by atoms with Gasteiger partial charge in [-0.1, -0.05) is 0 Å². The van der Waals surface area contributed by atoms with Crippen LogP contribution in [0.5, 0.6) is 23.3 Å². The molecule has 1 aliphatic rings. The Morgan fingerprint density at radius 2 is 1.75 bits per heavy atom. The van der Waals surface area contributed by atoms with Crippen molar-refractivity contribution >= 4 is 10.0 Å². The van der Waals surface area contributed by atoms with Crippen molar-refractivity contribution in [2.24, 2.45) is 0 Å². The number of hydrogen-bond acceptors (Lipinski definition) is 8. The van der Waals surface area contributed by atoms with Crippen LogP contribution in [0.1, 0.15) is 12.8 Å². The molecule has 0 bridgehead atoms. The second kappa shape index (κ2) is 8.61. The molecule has 0 spiro atoms. The van der Waals surface area contributed by atoms with Crippen LogP contribution >= 0.6 is 0 Å². The van der Waals surface area contributed by atoms with Gasteiger partial charge in [-0.3, -0.25) is 0 Å². The first-order valence-electron chi connectivity index (χ1n) is 8.74. The summed E-state index contributed by atoms with van der Waals surface area (Å²) in [6, 6.07) is 7.98. The molecule has 1 unspecified atom stereocenters. The largest absolute Gasteiger partial charge is 0.497 e. The van der Waals surface area contributed by atoms with Gasteiger partial charge >= 0.3 is 0 Å². The highest BCUT2D eigenvalue weighted by molar-refractivity contribution is 7.89. The van der Waals surface area contributed by atoms with Crippen LogP contribution in [0, 0.1) is 0 Å². The van der Waals surface area contributed by atoms with Crippen LogP contribution in [0.25, 0.3) is 0 Å². The predicted octanol–water partition coefficient (Wildman–Crippen LogP) is 1.73. The standard InChI is InChI=1S/C18H23N3O6S/c1-24-13-6-7-15(25-2)16(11-13)28(22,23)21-10-4-5-14(12-21)27-18-9-8-17(26-3)19-20-18/h6-9,11,14H,4-5,10,12H2,1-3H3. The fourth-order valence-corrected chi connectivity index (χ4v) is 4.68. The van der Waals surface area contributed by atoms with Gasteiger partial charge < -0.3 is 18.9 Å². The second-order valence-corrected chi connectivity index (χ2v) is 8.08. The van der Waals surface area contributed by atoms with Gasteiger partial charge in [-0.15, -0.1) is 10.2 Å². The number of hydrogen-bond donors (Lipinski definition) is 0. The molecule has 1 fully saturated rings. The molecular weight excluding hydrogens is 386 g/mol. The smallest absolute Gasteiger partial charge is 0.247 e. The minimum atomic E-state index is -3.78. The Hall–Kier alpha value is -2.59. The summed E-state index contributed by atoms with van der Waals surface area (Å²) in [7, 11) is 0.641. The molecule has 2 heterocycles. The summed E-state index contributed by atoms with van der Waals surface area (Å²) in [6.45, 7) is 0.604. The first kappa shape index (κ1) is 20.2. The number of nitrogens with zero attached hydrogens (tertiary/aromatic N) is 3. The SMILES string of the molecule is COc1ccc(OC)c(S(=O)(=O)N2CCCC(Oc3ccc(OC)nn3)C2)c1. The molecule has 2 aromatic rings. The average molecular weight is 409 g/mol. The summed E-state index contributed by atoms with van der Waals surface area (Å²) in [5.41, 5.74) is 0. The number of ether oxygens (including phenoxy) is 4. The van der Waals surface area contributed by atoms with Crippen LogP contribution in [-0.2, 0) is 10.0 Å². The van der Waals surface area contributed by atoms with E-state index in [1.807, 2.05) is 0 Å². The van der Waals surface area contributed by atoms with Crippen molar-refractivity contribution in [2.75, 3.05) is 34.4 Å². The highest BCUT2D eigenvalue weighted by atomic mass is 32.2. The Morgan fingerprint density at radius 3 is 2.39 bits per heavy atom. The highest BCUT2D eigenvalue weighted by Gasteiger charge is 2.33. The van der Waals surface area contributed by atoms with Gasteiger partial charge in [0.05, 0.1) is 27.9 Å². The summed E-state index contributed by atoms with van der Waals surface area (Å²) >= 11 is 0. The van der Waals surface area contributed by atoms with Gasteiger partial charge in [0.2, 0.25) is 21.8 Å². The molecular formula is C18H23N3O6S. The van der Waals surface area contributed by atoms with Crippen LogP contribution in [0.3, 0.4) is 0 Å². The average Bonchev–Trinajstić information content (AvgIpc) is 2.74. The number of sulfonamides is 1. The maximum atomic E-state index is 13.2. The number of rotatable bonds is 7. The van der Waals surface area contributed by atoms with Crippen LogP contribution in [0.4, 0.5) is 0 Å². The molecule has 9 nitrogen and oxygen atoms in total. The van der Waals surface area contributed by atoms with Crippen LogP contribution in [0.2, 0.25) is 0 Å². The van der Waals surface area contributed by atoms with E-state index in [0.717, 1.165) is 6.42 Å². The van der Waals surface area contributed by atoms with E-state index in [1.165, 1.54) is 31.7 Å². The first-order chi connectivity index (χ1) is 13.5. The van der Waals surface area contributed by atoms with Gasteiger partial charge in [0.1, 0.15) is 22.5 Å². The fourth-order valence-electron chi connectivity index (χ4n) is 2.99.